The number of phenols is 1. The van der Waals surface area contributed by atoms with Crippen LogP contribution in [0.2, 0.25) is 0 Å². The topological polar surface area (TPSA) is 152 Å². The number of cyclic esters (lactones) is 1. The third-order valence-electron chi connectivity index (χ3n) is 8.75. The molecule has 1 aliphatic carbocycles. The summed E-state index contributed by atoms with van der Waals surface area (Å²) in [5.74, 6) is -0.417. The molecule has 2 aromatic carbocycles. The highest BCUT2D eigenvalue weighted by molar-refractivity contribution is 8.00. The molecule has 226 valence electrons. The third-order valence-corrected chi connectivity index (χ3v) is 10.3. The van der Waals surface area contributed by atoms with Gasteiger partial charge >= 0.3 is 5.97 Å². The van der Waals surface area contributed by atoms with Gasteiger partial charge in [0.25, 0.3) is 0 Å². The predicted molar refractivity (Wildman–Crippen MR) is 145 cm³/mol. The molecule has 0 amide bonds. The van der Waals surface area contributed by atoms with Crippen molar-refractivity contribution in [1.29, 1.82) is 0 Å². The lowest BCUT2D eigenvalue weighted by atomic mass is 9.67. The van der Waals surface area contributed by atoms with Gasteiger partial charge in [-0.15, -0.1) is 11.8 Å². The maximum Gasteiger partial charge on any atom is 0.310 e. The summed E-state index contributed by atoms with van der Waals surface area (Å²) in [4.78, 5) is 13.4. The number of carbonyl (C=O) groups is 1. The molecule has 0 radical (unpaired) electrons. The molecule has 13 heteroatoms. The van der Waals surface area contributed by atoms with E-state index in [1.165, 1.54) is 26.0 Å². The standard InChI is InChI=1S/C29H32O12S/c1-11-36-9-20-26(40-11)24(31)25(32)29(41-20)42-27-14-7-17-16(38-10-39-17)6-13(14)21(22-15(27)8-37-28(22)33)12-4-18(34-2)23(30)19(5-12)35-3/h4-7,11,15,20-22,24-27,29-32H,8-10H2,1-3H3/t11?,15-,20+,21-,22+,24+,25+,26+,27-,29-/m0/s1. The molecule has 10 atom stereocenters. The van der Waals surface area contributed by atoms with Crippen molar-refractivity contribution in [3.8, 4) is 28.7 Å². The van der Waals surface area contributed by atoms with Crippen molar-refractivity contribution in [2.24, 2.45) is 11.8 Å². The first-order valence-corrected chi connectivity index (χ1v) is 14.7. The average Bonchev–Trinajstić information content (AvgIpc) is 3.61. The predicted octanol–water partition coefficient (Wildman–Crippen LogP) is 2.06. The number of phenolic OH excluding ortho intramolecular Hbond substituents is 1. The normalized spacial score (nSPS) is 36.5. The Morgan fingerprint density at radius 2 is 1.60 bits per heavy atom. The van der Waals surface area contributed by atoms with Crippen molar-refractivity contribution in [2.45, 2.75) is 54.2 Å². The maximum atomic E-state index is 13.4. The first kappa shape index (κ1) is 27.9. The van der Waals surface area contributed by atoms with E-state index in [1.54, 1.807) is 19.1 Å². The number of fused-ring (bicyclic) bond motifs is 4. The summed E-state index contributed by atoms with van der Waals surface area (Å²) in [7, 11) is 2.89. The van der Waals surface area contributed by atoms with Gasteiger partial charge in [-0.3, -0.25) is 4.79 Å². The zero-order chi connectivity index (χ0) is 29.3. The Hall–Kier alpha value is -2.94. The summed E-state index contributed by atoms with van der Waals surface area (Å²) in [6.07, 6.45) is -4.25. The van der Waals surface area contributed by atoms with Crippen LogP contribution in [-0.2, 0) is 23.7 Å². The van der Waals surface area contributed by atoms with Crippen molar-refractivity contribution >= 4 is 17.7 Å². The number of hydrogen-bond acceptors (Lipinski definition) is 13. The first-order chi connectivity index (χ1) is 20.3. The average molecular weight is 605 g/mol. The summed E-state index contributed by atoms with van der Waals surface area (Å²) < 4.78 is 45.5. The minimum Gasteiger partial charge on any atom is -0.502 e. The van der Waals surface area contributed by atoms with Crippen molar-refractivity contribution < 1.29 is 58.0 Å². The Labute approximate surface area is 245 Å². The van der Waals surface area contributed by atoms with Gasteiger partial charge in [0.05, 0.1) is 33.4 Å². The number of hydrogen-bond donors (Lipinski definition) is 3. The quantitative estimate of drug-likeness (QED) is 0.428. The van der Waals surface area contributed by atoms with Crippen LogP contribution in [0, 0.1) is 11.8 Å². The lowest BCUT2D eigenvalue weighted by Gasteiger charge is -2.47. The summed E-state index contributed by atoms with van der Waals surface area (Å²) in [6, 6.07) is 7.17. The smallest absolute Gasteiger partial charge is 0.310 e. The number of aromatic hydroxyl groups is 1. The summed E-state index contributed by atoms with van der Waals surface area (Å²) >= 11 is 1.33. The molecule has 1 unspecified atom stereocenters. The fourth-order valence-electron chi connectivity index (χ4n) is 6.74. The van der Waals surface area contributed by atoms with Gasteiger partial charge in [0, 0.05) is 17.1 Å². The van der Waals surface area contributed by atoms with Crippen LogP contribution in [0.5, 0.6) is 28.7 Å². The second kappa shape index (κ2) is 10.6. The van der Waals surface area contributed by atoms with Crippen LogP contribution in [0.4, 0.5) is 0 Å². The van der Waals surface area contributed by atoms with E-state index >= 15 is 0 Å². The zero-order valence-electron chi connectivity index (χ0n) is 23.1. The molecule has 0 bridgehead atoms. The van der Waals surface area contributed by atoms with Crippen LogP contribution in [0.1, 0.15) is 34.8 Å². The molecule has 5 aliphatic rings. The molecule has 0 spiro atoms. The second-order valence-corrected chi connectivity index (χ2v) is 12.2. The number of benzene rings is 2. The van der Waals surface area contributed by atoms with E-state index in [2.05, 4.69) is 0 Å². The molecule has 4 aliphatic heterocycles. The number of carbonyl (C=O) groups excluding carboxylic acids is 1. The van der Waals surface area contributed by atoms with Gasteiger partial charge in [0.2, 0.25) is 12.5 Å². The van der Waals surface area contributed by atoms with E-state index in [9.17, 15) is 20.1 Å². The molecule has 4 heterocycles. The molecule has 12 nitrogen and oxygen atoms in total. The highest BCUT2D eigenvalue weighted by atomic mass is 32.2. The monoisotopic (exact) mass is 604 g/mol. The Kier molecular flexibility index (Phi) is 7.07. The molecule has 0 saturated carbocycles. The fourth-order valence-corrected chi connectivity index (χ4v) is 8.35. The van der Waals surface area contributed by atoms with Crippen LogP contribution in [-0.4, -0.2) is 91.7 Å². The van der Waals surface area contributed by atoms with Gasteiger partial charge < -0.3 is 53.2 Å². The van der Waals surface area contributed by atoms with Crippen LogP contribution in [0.25, 0.3) is 0 Å². The minimum absolute atomic E-state index is 0.0641. The van der Waals surface area contributed by atoms with Gasteiger partial charge in [-0.1, -0.05) is 0 Å². The first-order valence-electron chi connectivity index (χ1n) is 13.8. The van der Waals surface area contributed by atoms with Gasteiger partial charge in [-0.2, -0.15) is 0 Å². The molecule has 7 rings (SSSR count). The summed E-state index contributed by atoms with van der Waals surface area (Å²) in [6.45, 7) is 2.16. The molecule has 3 fully saturated rings. The van der Waals surface area contributed by atoms with E-state index in [-0.39, 0.29) is 54.4 Å². The molecule has 3 N–H and O–H groups in total. The Balaban J connectivity index is 1.32. The molecular weight excluding hydrogens is 572 g/mol. The van der Waals surface area contributed by atoms with Gasteiger partial charge in [-0.05, 0) is 47.9 Å². The van der Waals surface area contributed by atoms with E-state index in [4.69, 9.17) is 37.9 Å². The van der Waals surface area contributed by atoms with Crippen LogP contribution >= 0.6 is 11.8 Å². The zero-order valence-corrected chi connectivity index (χ0v) is 23.9. The van der Waals surface area contributed by atoms with Crippen molar-refractivity contribution in [1.82, 2.24) is 0 Å². The summed E-state index contributed by atoms with van der Waals surface area (Å²) in [5, 5.41) is 32.3. The molecule has 2 aromatic rings. The number of esters is 1. The molecule has 0 aromatic heterocycles. The van der Waals surface area contributed by atoms with Crippen LogP contribution < -0.4 is 18.9 Å². The number of aliphatic hydroxyl groups excluding tert-OH is 2. The molecular formula is C29H32O12S. The van der Waals surface area contributed by atoms with Gasteiger partial charge in [0.15, 0.2) is 29.3 Å². The maximum absolute atomic E-state index is 13.4. The largest absolute Gasteiger partial charge is 0.502 e. The Morgan fingerprint density at radius 3 is 2.29 bits per heavy atom. The number of ether oxygens (including phenoxy) is 8. The highest BCUT2D eigenvalue weighted by Gasteiger charge is 2.55. The minimum atomic E-state index is -1.25. The van der Waals surface area contributed by atoms with Gasteiger partial charge in [-0.25, -0.2) is 0 Å². The second-order valence-electron chi connectivity index (χ2n) is 11.0. The Bertz CT molecular complexity index is 1360. The van der Waals surface area contributed by atoms with E-state index in [1.807, 2.05) is 12.1 Å². The van der Waals surface area contributed by atoms with Crippen molar-refractivity contribution in [2.75, 3.05) is 34.2 Å². The number of thioether (sulfide) groups is 1. The number of methoxy groups -OCH3 is 2. The summed E-state index contributed by atoms with van der Waals surface area (Å²) in [5.41, 5.74) is 1.51. The van der Waals surface area contributed by atoms with Crippen LogP contribution in [0.3, 0.4) is 0 Å². The number of rotatable bonds is 5. The van der Waals surface area contributed by atoms with Gasteiger partial charge in [0.1, 0.15) is 29.9 Å². The highest BCUT2D eigenvalue weighted by Crippen LogP contribution is 2.60. The molecule has 42 heavy (non-hydrogen) atoms. The SMILES string of the molecule is COc1cc([C@H]2c3cc4c(cc3[C@H](S[C@@H]3O[C@@H]5COC(C)O[C@H]5[C@H](O)[C@H]3O)[C@H]3COC(=O)[C@@H]23)OCO4)cc(OC)c1O. The number of aliphatic hydroxyl groups is 2. The fraction of sp³-hybridized carbons (Fsp3) is 0.552. The van der Waals surface area contributed by atoms with E-state index < -0.39 is 48.0 Å². The Morgan fingerprint density at radius 1 is 0.905 bits per heavy atom. The lowest BCUT2D eigenvalue weighted by molar-refractivity contribution is -0.310. The van der Waals surface area contributed by atoms with E-state index in [0.717, 1.165) is 11.1 Å². The van der Waals surface area contributed by atoms with Crippen molar-refractivity contribution in [3.05, 3.63) is 41.0 Å². The lowest BCUT2D eigenvalue weighted by Crippen LogP contribution is -2.61. The molecule has 3 saturated heterocycles. The van der Waals surface area contributed by atoms with Crippen LogP contribution in [0.15, 0.2) is 24.3 Å². The van der Waals surface area contributed by atoms with Crippen molar-refractivity contribution in [3.63, 3.8) is 0 Å². The third kappa shape index (κ3) is 4.37. The van der Waals surface area contributed by atoms with E-state index in [0.29, 0.717) is 17.1 Å².